The van der Waals surface area contributed by atoms with Gasteiger partial charge in [-0.05, 0) is 18.6 Å². The second-order valence-electron chi connectivity index (χ2n) is 4.81. The van der Waals surface area contributed by atoms with Gasteiger partial charge in [-0.15, -0.1) is 21.5 Å². The van der Waals surface area contributed by atoms with Gasteiger partial charge >= 0.3 is 0 Å². The van der Waals surface area contributed by atoms with E-state index >= 15 is 0 Å². The predicted octanol–water partition coefficient (Wildman–Crippen LogP) is 2.17. The van der Waals surface area contributed by atoms with Crippen LogP contribution in [0.2, 0.25) is 0 Å². The zero-order valence-electron chi connectivity index (χ0n) is 11.7. The van der Waals surface area contributed by atoms with Crippen molar-refractivity contribution in [1.29, 1.82) is 0 Å². The van der Waals surface area contributed by atoms with Crippen molar-refractivity contribution in [3.05, 3.63) is 41.9 Å². The zero-order chi connectivity index (χ0) is 14.8. The molecule has 7 nitrogen and oxygen atoms in total. The minimum absolute atomic E-state index is 0.642. The molecule has 0 aliphatic heterocycles. The molecular weight excluding hydrogens is 298 g/mol. The van der Waals surface area contributed by atoms with Gasteiger partial charge in [0.15, 0.2) is 5.65 Å². The molecule has 0 amide bonds. The van der Waals surface area contributed by atoms with Gasteiger partial charge in [0.1, 0.15) is 16.2 Å². The van der Waals surface area contributed by atoms with E-state index in [4.69, 9.17) is 0 Å². The number of anilines is 1. The minimum atomic E-state index is 0.642. The van der Waals surface area contributed by atoms with Crippen LogP contribution >= 0.6 is 11.3 Å². The van der Waals surface area contributed by atoms with Crippen LogP contribution in [0.1, 0.15) is 12.2 Å². The van der Waals surface area contributed by atoms with Crippen LogP contribution in [0.3, 0.4) is 0 Å². The summed E-state index contributed by atoms with van der Waals surface area (Å²) in [7, 11) is 0. The molecule has 22 heavy (non-hydrogen) atoms. The molecule has 1 N–H and O–H groups in total. The number of hydrogen-bond donors (Lipinski definition) is 1. The Hall–Kier alpha value is -2.61. The third kappa shape index (κ3) is 2.48. The van der Waals surface area contributed by atoms with Gasteiger partial charge in [-0.3, -0.25) is 4.40 Å². The number of thiazole rings is 1. The summed E-state index contributed by atoms with van der Waals surface area (Å²) in [6, 6.07) is 5.89. The molecule has 0 aliphatic rings. The monoisotopic (exact) mass is 311 g/mol. The molecule has 4 heterocycles. The van der Waals surface area contributed by atoms with Gasteiger partial charge in [-0.25, -0.2) is 15.0 Å². The van der Waals surface area contributed by atoms with Crippen LogP contribution in [-0.2, 0) is 6.42 Å². The number of hydrogen-bond acceptors (Lipinski definition) is 7. The summed E-state index contributed by atoms with van der Waals surface area (Å²) in [4.78, 5) is 13.7. The second kappa shape index (κ2) is 5.64. The molecule has 8 heteroatoms. The van der Waals surface area contributed by atoms with Crippen molar-refractivity contribution in [2.45, 2.75) is 12.8 Å². The van der Waals surface area contributed by atoms with E-state index in [0.29, 0.717) is 5.95 Å². The summed E-state index contributed by atoms with van der Waals surface area (Å²) in [6.07, 6.45) is 5.51. The van der Waals surface area contributed by atoms with Crippen molar-refractivity contribution in [2.24, 2.45) is 0 Å². The van der Waals surface area contributed by atoms with Crippen LogP contribution in [0.5, 0.6) is 0 Å². The zero-order valence-corrected chi connectivity index (χ0v) is 12.5. The van der Waals surface area contributed by atoms with Crippen LogP contribution in [0.15, 0.2) is 36.1 Å². The molecule has 0 radical (unpaired) electrons. The number of nitrogens with one attached hydrogen (secondary N) is 1. The highest BCUT2D eigenvalue weighted by molar-refractivity contribution is 7.16. The smallest absolute Gasteiger partial charge is 0.224 e. The number of fused-ring (bicyclic) bond motifs is 2. The summed E-state index contributed by atoms with van der Waals surface area (Å²) in [5.74, 6) is 1.61. The van der Waals surface area contributed by atoms with Gasteiger partial charge in [0.2, 0.25) is 5.95 Å². The molecule has 4 aromatic rings. The molecule has 4 aromatic heterocycles. The Morgan fingerprint density at radius 3 is 3.18 bits per heavy atom. The molecule has 0 saturated carbocycles. The molecule has 0 spiro atoms. The first kappa shape index (κ1) is 13.1. The fraction of sp³-hybridized carbons (Fsp3) is 0.214. The third-order valence-electron chi connectivity index (χ3n) is 3.34. The van der Waals surface area contributed by atoms with Gasteiger partial charge in [-0.2, -0.15) is 0 Å². The molecule has 0 aromatic carbocycles. The highest BCUT2D eigenvalue weighted by atomic mass is 32.1. The molecule has 0 atom stereocenters. The molecular formula is C14H13N7S. The largest absolute Gasteiger partial charge is 0.354 e. The lowest BCUT2D eigenvalue weighted by molar-refractivity contribution is 0.784. The lowest BCUT2D eigenvalue weighted by Crippen LogP contribution is -2.07. The van der Waals surface area contributed by atoms with Crippen molar-refractivity contribution in [3.63, 3.8) is 0 Å². The number of aryl methyl sites for hydroxylation is 1. The summed E-state index contributed by atoms with van der Waals surface area (Å²) in [5.41, 5.74) is 3.49. The maximum atomic E-state index is 4.42. The van der Waals surface area contributed by atoms with Crippen LogP contribution in [0.4, 0.5) is 5.95 Å². The summed E-state index contributed by atoms with van der Waals surface area (Å²) in [5, 5.41) is 11.6. The van der Waals surface area contributed by atoms with Crippen molar-refractivity contribution < 1.29 is 0 Å². The molecule has 110 valence electrons. The van der Waals surface area contributed by atoms with E-state index in [0.717, 1.165) is 41.2 Å². The normalized spacial score (nSPS) is 11.3. The molecule has 0 fully saturated rings. The highest BCUT2D eigenvalue weighted by Gasteiger charge is 2.05. The molecule has 0 unspecified atom stereocenters. The molecule has 0 saturated heterocycles. The van der Waals surface area contributed by atoms with Crippen molar-refractivity contribution in [3.8, 4) is 0 Å². The number of aromatic nitrogens is 6. The topological polar surface area (TPSA) is 80.9 Å². The second-order valence-corrected chi connectivity index (χ2v) is 5.64. The van der Waals surface area contributed by atoms with Crippen molar-refractivity contribution in [2.75, 3.05) is 11.9 Å². The quantitative estimate of drug-likeness (QED) is 0.569. The first-order chi connectivity index (χ1) is 10.9. The van der Waals surface area contributed by atoms with E-state index in [1.807, 2.05) is 28.8 Å². The van der Waals surface area contributed by atoms with Crippen LogP contribution in [-0.4, -0.2) is 36.1 Å². The Kier molecular flexibility index (Phi) is 3.36. The number of nitrogens with zero attached hydrogens (tertiary/aromatic N) is 6. The Morgan fingerprint density at radius 1 is 1.18 bits per heavy atom. The van der Waals surface area contributed by atoms with Crippen molar-refractivity contribution >= 4 is 33.3 Å². The Balaban J connectivity index is 1.37. The maximum absolute atomic E-state index is 4.42. The van der Waals surface area contributed by atoms with Crippen LogP contribution in [0, 0.1) is 0 Å². The van der Waals surface area contributed by atoms with E-state index in [2.05, 4.69) is 30.5 Å². The van der Waals surface area contributed by atoms with Gasteiger partial charge in [-0.1, -0.05) is 6.07 Å². The lowest BCUT2D eigenvalue weighted by atomic mass is 10.3. The summed E-state index contributed by atoms with van der Waals surface area (Å²) in [6.45, 7) is 0.784. The van der Waals surface area contributed by atoms with Gasteiger partial charge in [0.25, 0.3) is 0 Å². The first-order valence-corrected chi connectivity index (χ1v) is 7.87. The lowest BCUT2D eigenvalue weighted by Gasteiger charge is -2.03. The fourth-order valence-corrected chi connectivity index (χ4v) is 2.89. The molecule has 0 aliphatic carbocycles. The van der Waals surface area contributed by atoms with Gasteiger partial charge in [0.05, 0.1) is 11.7 Å². The number of pyridine rings is 1. The van der Waals surface area contributed by atoms with Crippen molar-refractivity contribution in [1.82, 2.24) is 29.5 Å². The molecule has 0 bridgehead atoms. The average molecular weight is 311 g/mol. The molecule has 4 rings (SSSR count). The summed E-state index contributed by atoms with van der Waals surface area (Å²) < 4.78 is 2.01. The standard InChI is InChI=1S/C14H13N7S/c1-2-7-21-11(4-1)19-20-12(21)5-3-6-15-14-16-8-10-13(18-14)22-9-17-10/h1-2,4,7-9H,3,5-6H2,(H,15,16,18). The van der Waals surface area contributed by atoms with Crippen LogP contribution < -0.4 is 5.32 Å². The predicted molar refractivity (Wildman–Crippen MR) is 85.0 cm³/mol. The highest BCUT2D eigenvalue weighted by Crippen LogP contribution is 2.15. The Morgan fingerprint density at radius 2 is 2.18 bits per heavy atom. The SMILES string of the molecule is c1ccn2c(CCCNc3ncc4ncsc4n3)nnc2c1. The van der Waals surface area contributed by atoms with E-state index in [-0.39, 0.29) is 0 Å². The minimum Gasteiger partial charge on any atom is -0.354 e. The van der Waals surface area contributed by atoms with E-state index in [1.165, 1.54) is 11.3 Å². The van der Waals surface area contributed by atoms with E-state index < -0.39 is 0 Å². The van der Waals surface area contributed by atoms with E-state index in [9.17, 15) is 0 Å². The summed E-state index contributed by atoms with van der Waals surface area (Å²) >= 11 is 1.52. The van der Waals surface area contributed by atoms with E-state index in [1.54, 1.807) is 11.7 Å². The fourth-order valence-electron chi connectivity index (χ4n) is 2.26. The average Bonchev–Trinajstić information content (AvgIpc) is 3.18. The Bertz CT molecular complexity index is 914. The van der Waals surface area contributed by atoms with Crippen LogP contribution in [0.25, 0.3) is 16.0 Å². The third-order valence-corrected chi connectivity index (χ3v) is 4.07. The maximum Gasteiger partial charge on any atom is 0.224 e. The first-order valence-electron chi connectivity index (χ1n) is 6.99. The van der Waals surface area contributed by atoms with Gasteiger partial charge in [0, 0.05) is 19.2 Å². The Labute approximate surface area is 130 Å². The number of rotatable bonds is 5. The van der Waals surface area contributed by atoms with Gasteiger partial charge < -0.3 is 5.32 Å².